The van der Waals surface area contributed by atoms with Gasteiger partial charge in [-0.3, -0.25) is 19.8 Å². The number of carboxylic acid groups (broad SMARTS) is 1. The second kappa shape index (κ2) is 16.3. The summed E-state index contributed by atoms with van der Waals surface area (Å²) in [7, 11) is 0. The summed E-state index contributed by atoms with van der Waals surface area (Å²) in [5, 5.41) is 21.2. The molecule has 8 nitrogen and oxygen atoms in total. The van der Waals surface area contributed by atoms with Gasteiger partial charge in [0.2, 0.25) is 11.8 Å². The molecule has 1 unspecified atom stereocenters. The van der Waals surface area contributed by atoms with E-state index in [1.807, 2.05) is 27.7 Å². The van der Waals surface area contributed by atoms with Crippen LogP contribution in [0.4, 0.5) is 0 Å². The van der Waals surface area contributed by atoms with Crippen LogP contribution in [0.2, 0.25) is 0 Å². The van der Waals surface area contributed by atoms with E-state index < -0.39 is 17.9 Å². The van der Waals surface area contributed by atoms with Crippen LogP contribution in [0, 0.1) is 11.3 Å². The van der Waals surface area contributed by atoms with Crippen molar-refractivity contribution in [1.82, 2.24) is 10.6 Å². The molecule has 0 aromatic heterocycles. The van der Waals surface area contributed by atoms with Crippen LogP contribution in [0.15, 0.2) is 36.6 Å². The molecule has 2 atom stereocenters. The summed E-state index contributed by atoms with van der Waals surface area (Å²) >= 11 is 0. The number of aliphatic carboxylic acids is 1. The fraction of sp³-hybridized carbons (Fsp3) is 0.500. The number of hydrogen-bond acceptors (Lipinski definition) is 4. The molecule has 0 aromatic rings. The molecule has 0 bridgehead atoms. The second-order valence-corrected chi connectivity index (χ2v) is 5.37. The molecule has 0 aromatic carbocycles. The zero-order valence-electron chi connectivity index (χ0n) is 17.2. The van der Waals surface area contributed by atoms with Crippen LogP contribution in [0.1, 0.15) is 53.4 Å². The van der Waals surface area contributed by atoms with E-state index >= 15 is 0 Å². The maximum atomic E-state index is 11.8. The van der Waals surface area contributed by atoms with Crippen molar-refractivity contribution >= 4 is 23.6 Å². The minimum Gasteiger partial charge on any atom is -0.481 e. The smallest absolute Gasteiger partial charge is 0.305 e. The average Bonchev–Trinajstić information content (AvgIpc) is 2.69. The van der Waals surface area contributed by atoms with Crippen molar-refractivity contribution in [2.75, 3.05) is 0 Å². The molecule has 0 saturated carbocycles. The SMILES string of the molecule is C=C[C@H](CC(=O)O)NC(=O)CCC(=O)NC1=CCC(C(=N)N)C=C1.CC.CC. The lowest BCUT2D eigenvalue weighted by Crippen LogP contribution is -2.35. The van der Waals surface area contributed by atoms with Crippen LogP contribution in [0.3, 0.4) is 0 Å². The summed E-state index contributed by atoms with van der Waals surface area (Å²) < 4.78 is 0. The Bertz CT molecular complexity index is 597. The number of carboxylic acids is 1. The molecule has 6 N–H and O–H groups in total. The molecule has 1 aliphatic rings. The van der Waals surface area contributed by atoms with Crippen molar-refractivity contribution in [3.8, 4) is 0 Å². The highest BCUT2D eigenvalue weighted by molar-refractivity contribution is 5.86. The first-order valence-corrected chi connectivity index (χ1v) is 9.47. The number of nitrogens with two attached hydrogens (primary N) is 1. The van der Waals surface area contributed by atoms with Crippen molar-refractivity contribution in [2.45, 2.75) is 59.4 Å². The summed E-state index contributed by atoms with van der Waals surface area (Å²) in [6.45, 7) is 11.5. The number of rotatable bonds is 9. The van der Waals surface area contributed by atoms with Crippen LogP contribution in [-0.2, 0) is 14.4 Å². The van der Waals surface area contributed by atoms with Crippen LogP contribution >= 0.6 is 0 Å². The van der Waals surface area contributed by atoms with E-state index in [9.17, 15) is 14.4 Å². The fourth-order valence-electron chi connectivity index (χ4n) is 2.05. The topological polar surface area (TPSA) is 145 Å². The van der Waals surface area contributed by atoms with Crippen LogP contribution in [-0.4, -0.2) is 34.8 Å². The third-order valence-corrected chi connectivity index (χ3v) is 3.39. The Morgan fingerprint density at radius 1 is 1.29 bits per heavy atom. The molecule has 0 heterocycles. The first-order chi connectivity index (χ1) is 13.3. The van der Waals surface area contributed by atoms with E-state index in [2.05, 4.69) is 17.2 Å². The van der Waals surface area contributed by atoms with Gasteiger partial charge in [0, 0.05) is 24.5 Å². The minimum atomic E-state index is -1.04. The predicted octanol–water partition coefficient (Wildman–Crippen LogP) is 2.48. The van der Waals surface area contributed by atoms with Gasteiger partial charge in [0.25, 0.3) is 0 Å². The quantitative estimate of drug-likeness (QED) is 0.232. The summed E-state index contributed by atoms with van der Waals surface area (Å²) in [6, 6.07) is -0.662. The monoisotopic (exact) mass is 394 g/mol. The van der Waals surface area contributed by atoms with E-state index in [1.54, 1.807) is 18.2 Å². The molecule has 158 valence electrons. The van der Waals surface area contributed by atoms with Gasteiger partial charge in [-0.15, -0.1) is 6.58 Å². The largest absolute Gasteiger partial charge is 0.481 e. The summed E-state index contributed by atoms with van der Waals surface area (Å²) in [4.78, 5) is 34.1. The summed E-state index contributed by atoms with van der Waals surface area (Å²) in [6.07, 6.45) is 6.74. The van der Waals surface area contributed by atoms with E-state index in [0.717, 1.165) is 0 Å². The van der Waals surface area contributed by atoms with Crippen molar-refractivity contribution in [1.29, 1.82) is 5.41 Å². The molecule has 0 saturated heterocycles. The third-order valence-electron chi connectivity index (χ3n) is 3.39. The zero-order valence-corrected chi connectivity index (χ0v) is 17.2. The van der Waals surface area contributed by atoms with Gasteiger partial charge in [0.1, 0.15) is 0 Å². The summed E-state index contributed by atoms with van der Waals surface area (Å²) in [5.41, 5.74) is 6.01. The highest BCUT2D eigenvalue weighted by Crippen LogP contribution is 2.14. The number of nitrogens with one attached hydrogen (secondary N) is 3. The van der Waals surface area contributed by atoms with E-state index in [4.69, 9.17) is 16.2 Å². The van der Waals surface area contributed by atoms with E-state index in [1.165, 1.54) is 6.08 Å². The van der Waals surface area contributed by atoms with E-state index in [0.29, 0.717) is 12.1 Å². The fourth-order valence-corrected chi connectivity index (χ4v) is 2.05. The highest BCUT2D eigenvalue weighted by Gasteiger charge is 2.15. The number of allylic oxidation sites excluding steroid dienone is 2. The molecule has 0 radical (unpaired) electrons. The van der Waals surface area contributed by atoms with Crippen LogP contribution in [0.25, 0.3) is 0 Å². The van der Waals surface area contributed by atoms with Crippen LogP contribution < -0.4 is 16.4 Å². The molecule has 2 amide bonds. The van der Waals surface area contributed by atoms with Crippen molar-refractivity contribution < 1.29 is 19.5 Å². The predicted molar refractivity (Wildman–Crippen MR) is 112 cm³/mol. The number of amides is 2. The molecular formula is C20H34N4O4. The van der Waals surface area contributed by atoms with Gasteiger partial charge in [0.05, 0.1) is 18.3 Å². The molecule has 0 spiro atoms. The van der Waals surface area contributed by atoms with Crippen molar-refractivity contribution in [2.24, 2.45) is 11.7 Å². The minimum absolute atomic E-state index is 0.0237. The van der Waals surface area contributed by atoms with Gasteiger partial charge in [-0.25, -0.2) is 0 Å². The molecule has 28 heavy (non-hydrogen) atoms. The molecule has 1 aliphatic carbocycles. The Morgan fingerprint density at radius 3 is 2.29 bits per heavy atom. The molecule has 0 fully saturated rings. The van der Waals surface area contributed by atoms with Gasteiger partial charge < -0.3 is 21.5 Å². The first-order valence-electron chi connectivity index (χ1n) is 9.47. The Morgan fingerprint density at radius 2 is 1.86 bits per heavy atom. The average molecular weight is 395 g/mol. The molecule has 1 rings (SSSR count). The molecule has 8 heteroatoms. The van der Waals surface area contributed by atoms with E-state index in [-0.39, 0.29) is 36.9 Å². The van der Waals surface area contributed by atoms with Gasteiger partial charge in [0.15, 0.2) is 0 Å². The lowest BCUT2D eigenvalue weighted by atomic mass is 9.98. The first kappa shape index (κ1) is 27.3. The normalized spacial score (nSPS) is 15.3. The number of carbonyl (C=O) groups is 3. The van der Waals surface area contributed by atoms with Crippen molar-refractivity contribution in [3.05, 3.63) is 36.6 Å². The summed E-state index contributed by atoms with van der Waals surface area (Å²) in [5.74, 6) is -1.86. The Balaban J connectivity index is 0. The van der Waals surface area contributed by atoms with Gasteiger partial charge in [-0.2, -0.15) is 0 Å². The number of carbonyl (C=O) groups excluding carboxylic acids is 2. The second-order valence-electron chi connectivity index (χ2n) is 5.37. The number of hydrogen-bond donors (Lipinski definition) is 5. The van der Waals surface area contributed by atoms with Crippen molar-refractivity contribution in [3.63, 3.8) is 0 Å². The lowest BCUT2D eigenvalue weighted by molar-refractivity contribution is -0.137. The molecule has 0 aliphatic heterocycles. The Kier molecular flexibility index (Phi) is 15.9. The Hall–Kier alpha value is -2.90. The lowest BCUT2D eigenvalue weighted by Gasteiger charge is -2.15. The maximum Gasteiger partial charge on any atom is 0.305 e. The standard InChI is InChI=1S/C16H22N4O4.2C2H6/c1-2-11(9-15(23)24)19-13(21)7-8-14(22)20-12-5-3-10(4-6-12)16(17)18;2*1-2/h2-3,5-6,10-11H,1,4,7-9H2,(H3,17,18)(H,19,21)(H,20,22)(H,23,24);2*1-2H3/t10?,11-;;/m1../s1. The van der Waals surface area contributed by atoms with Crippen LogP contribution in [0.5, 0.6) is 0 Å². The van der Waals surface area contributed by atoms with Gasteiger partial charge >= 0.3 is 5.97 Å². The zero-order chi connectivity index (χ0) is 22.1. The van der Waals surface area contributed by atoms with Gasteiger partial charge in [-0.1, -0.05) is 45.9 Å². The molecular weight excluding hydrogens is 360 g/mol. The number of amidine groups is 1. The maximum absolute atomic E-state index is 11.8. The highest BCUT2D eigenvalue weighted by atomic mass is 16.4. The van der Waals surface area contributed by atoms with Gasteiger partial charge in [-0.05, 0) is 12.5 Å². The third kappa shape index (κ3) is 12.5. The Labute approximate surface area is 167 Å².